The molecule has 0 spiro atoms. The minimum absolute atomic E-state index is 0.122. The van der Waals surface area contributed by atoms with Gasteiger partial charge >= 0.3 is 29.8 Å². The zero-order chi connectivity index (χ0) is 35.7. The minimum Gasteiger partial charge on any atom is -0.452 e. The lowest BCUT2D eigenvalue weighted by Crippen LogP contribution is -2.15. The Morgan fingerprint density at radius 3 is 1.96 bits per heavy atom. The quantitative estimate of drug-likeness (QED) is 0.0731. The fraction of sp³-hybridized carbons (Fsp3) is 0.175. The molecule has 0 N–H and O–H groups in total. The van der Waals surface area contributed by atoms with Gasteiger partial charge in [0.05, 0.1) is 11.1 Å². The molecule has 2 atom stereocenters. The summed E-state index contributed by atoms with van der Waals surface area (Å²) in [6, 6.07) is 20.6. The number of rotatable bonds is 10. The predicted octanol–water partition coefficient (Wildman–Crippen LogP) is 7.31. The number of hydrogen-bond acceptors (Lipinski definition) is 10. The molecule has 4 aromatic rings. The first kappa shape index (κ1) is 33.6. The van der Waals surface area contributed by atoms with Crippen LogP contribution in [0.3, 0.4) is 0 Å². The largest absolute Gasteiger partial charge is 0.452 e. The van der Waals surface area contributed by atoms with Crippen molar-refractivity contribution < 1.29 is 47.7 Å². The zero-order valence-electron chi connectivity index (χ0n) is 27.6. The topological polar surface area (TPSA) is 132 Å². The van der Waals surface area contributed by atoms with E-state index in [9.17, 15) is 24.0 Å². The highest BCUT2D eigenvalue weighted by Gasteiger charge is 2.35. The van der Waals surface area contributed by atoms with Gasteiger partial charge in [0.25, 0.3) is 0 Å². The van der Waals surface area contributed by atoms with E-state index < -0.39 is 42.1 Å². The van der Waals surface area contributed by atoms with Crippen LogP contribution in [0.2, 0.25) is 0 Å². The maximum Gasteiger partial charge on any atom is 0.375 e. The monoisotopic (exact) mass is 672 g/mol. The second kappa shape index (κ2) is 13.7. The van der Waals surface area contributed by atoms with Crippen LogP contribution in [0.1, 0.15) is 59.9 Å². The first-order chi connectivity index (χ1) is 23.9. The van der Waals surface area contributed by atoms with E-state index in [4.69, 9.17) is 23.7 Å². The Morgan fingerprint density at radius 2 is 1.30 bits per heavy atom. The van der Waals surface area contributed by atoms with E-state index in [2.05, 4.69) is 13.2 Å². The van der Waals surface area contributed by atoms with Crippen molar-refractivity contribution in [1.29, 1.82) is 0 Å². The Bertz CT molecular complexity index is 2220. The Balaban J connectivity index is 1.06. The van der Waals surface area contributed by atoms with Crippen LogP contribution in [0.15, 0.2) is 114 Å². The molecule has 0 saturated heterocycles. The molecule has 252 valence electrons. The van der Waals surface area contributed by atoms with Crippen molar-refractivity contribution in [3.63, 3.8) is 0 Å². The van der Waals surface area contributed by atoms with Crippen molar-refractivity contribution in [2.75, 3.05) is 0 Å². The van der Waals surface area contributed by atoms with E-state index in [1.54, 1.807) is 81.4 Å². The molecule has 0 aliphatic carbocycles. The van der Waals surface area contributed by atoms with E-state index in [0.717, 1.165) is 21.7 Å². The van der Waals surface area contributed by atoms with Crippen LogP contribution in [0.25, 0.3) is 27.6 Å². The molecule has 0 radical (unpaired) electrons. The Morgan fingerprint density at radius 1 is 0.720 bits per heavy atom. The van der Waals surface area contributed by atoms with E-state index in [1.165, 1.54) is 0 Å². The van der Waals surface area contributed by atoms with Crippen LogP contribution in [0.4, 0.5) is 0 Å². The Hall–Kier alpha value is -6.29. The van der Waals surface area contributed by atoms with Gasteiger partial charge in [0.2, 0.25) is 11.5 Å². The summed E-state index contributed by atoms with van der Waals surface area (Å²) in [6.07, 6.45) is 0.876. The molecule has 2 aliphatic rings. The predicted molar refractivity (Wildman–Crippen MR) is 184 cm³/mol. The highest BCUT2D eigenvalue weighted by Crippen LogP contribution is 2.30. The molecule has 6 rings (SSSR count). The van der Waals surface area contributed by atoms with Gasteiger partial charge in [0.15, 0.2) is 0 Å². The van der Waals surface area contributed by atoms with Crippen molar-refractivity contribution in [2.24, 2.45) is 0 Å². The second-order valence-corrected chi connectivity index (χ2v) is 12.0. The van der Waals surface area contributed by atoms with Crippen molar-refractivity contribution >= 4 is 57.5 Å². The van der Waals surface area contributed by atoms with Gasteiger partial charge < -0.3 is 23.7 Å². The number of cyclic esters (lactones) is 2. The highest BCUT2D eigenvalue weighted by atomic mass is 16.6. The van der Waals surface area contributed by atoms with Crippen LogP contribution >= 0.6 is 0 Å². The number of fused-ring (bicyclic) bond motifs is 2. The second-order valence-electron chi connectivity index (χ2n) is 12.0. The van der Waals surface area contributed by atoms with Crippen molar-refractivity contribution in [3.8, 4) is 5.75 Å². The number of ether oxygens (including phenoxy) is 5. The molecule has 2 aliphatic heterocycles. The van der Waals surface area contributed by atoms with Gasteiger partial charge in [0.1, 0.15) is 18.0 Å². The van der Waals surface area contributed by atoms with Crippen LogP contribution in [-0.4, -0.2) is 42.1 Å². The van der Waals surface area contributed by atoms with Gasteiger partial charge in [-0.1, -0.05) is 49.6 Å². The highest BCUT2D eigenvalue weighted by molar-refractivity contribution is 6.01. The lowest BCUT2D eigenvalue weighted by Gasteiger charge is -2.12. The summed E-state index contributed by atoms with van der Waals surface area (Å²) >= 11 is 0. The summed E-state index contributed by atoms with van der Waals surface area (Å²) in [4.78, 5) is 63.3. The third-order valence-electron chi connectivity index (χ3n) is 8.69. The summed E-state index contributed by atoms with van der Waals surface area (Å²) in [5.74, 6) is -3.66. The van der Waals surface area contributed by atoms with Crippen LogP contribution in [-0.2, 0) is 33.3 Å². The van der Waals surface area contributed by atoms with E-state index >= 15 is 0 Å². The molecule has 2 heterocycles. The van der Waals surface area contributed by atoms with Crippen molar-refractivity contribution in [1.82, 2.24) is 0 Å². The molecule has 4 aromatic carbocycles. The lowest BCUT2D eigenvalue weighted by molar-refractivity contribution is -0.142. The fourth-order valence-electron chi connectivity index (χ4n) is 5.57. The smallest absolute Gasteiger partial charge is 0.375 e. The Labute approximate surface area is 287 Å². The summed E-state index contributed by atoms with van der Waals surface area (Å²) in [5.41, 5.74) is 2.51. The van der Waals surface area contributed by atoms with Crippen LogP contribution in [0, 0.1) is 0 Å². The number of benzene rings is 4. The van der Waals surface area contributed by atoms with Gasteiger partial charge in [-0.15, -0.1) is 0 Å². The van der Waals surface area contributed by atoms with E-state index in [1.807, 2.05) is 18.2 Å². The number of carbonyl (C=O) groups is 5. The average molecular weight is 673 g/mol. The summed E-state index contributed by atoms with van der Waals surface area (Å²) in [6.45, 7) is 12.6. The lowest BCUT2D eigenvalue weighted by atomic mass is 10.0. The SMILES string of the molecule is C=Cc1ccc2cc(C(=O)OC3=C(C)C(CCC(=C)C(=O)Oc4ccc5ccc(C(=O)OC6=C(C)C(C)OC6=O)cc5c4)OC3=O)ccc2c1. The maximum absolute atomic E-state index is 12.9. The molecular formula is C40H32O10. The molecule has 0 amide bonds. The van der Waals surface area contributed by atoms with Gasteiger partial charge in [-0.2, -0.15) is 0 Å². The summed E-state index contributed by atoms with van der Waals surface area (Å²) in [7, 11) is 0. The van der Waals surface area contributed by atoms with Crippen molar-refractivity contribution in [2.45, 2.75) is 45.8 Å². The number of esters is 5. The fourth-order valence-corrected chi connectivity index (χ4v) is 5.57. The third kappa shape index (κ3) is 6.82. The zero-order valence-corrected chi connectivity index (χ0v) is 27.6. The van der Waals surface area contributed by atoms with E-state index in [0.29, 0.717) is 16.5 Å². The normalized spacial score (nSPS) is 17.1. The van der Waals surface area contributed by atoms with Gasteiger partial charge in [-0.05, 0) is 103 Å². The van der Waals surface area contributed by atoms with Gasteiger partial charge in [0, 0.05) is 16.7 Å². The maximum atomic E-state index is 12.9. The van der Waals surface area contributed by atoms with Crippen LogP contribution in [0.5, 0.6) is 5.75 Å². The average Bonchev–Trinajstić information content (AvgIpc) is 3.52. The molecule has 0 aromatic heterocycles. The third-order valence-corrected chi connectivity index (χ3v) is 8.69. The summed E-state index contributed by atoms with van der Waals surface area (Å²) < 4.78 is 26.9. The Kier molecular flexibility index (Phi) is 9.19. The molecule has 0 fully saturated rings. The van der Waals surface area contributed by atoms with Crippen LogP contribution < -0.4 is 4.74 Å². The van der Waals surface area contributed by atoms with E-state index in [-0.39, 0.29) is 46.8 Å². The van der Waals surface area contributed by atoms with Gasteiger partial charge in [-0.25, -0.2) is 24.0 Å². The number of carbonyl (C=O) groups excluding carboxylic acids is 5. The molecular weight excluding hydrogens is 640 g/mol. The van der Waals surface area contributed by atoms with Gasteiger partial charge in [-0.3, -0.25) is 0 Å². The van der Waals surface area contributed by atoms with Crippen molar-refractivity contribution in [3.05, 3.63) is 131 Å². The molecule has 10 nitrogen and oxygen atoms in total. The first-order valence-electron chi connectivity index (χ1n) is 15.8. The molecule has 10 heteroatoms. The number of hydrogen-bond donors (Lipinski definition) is 0. The molecule has 0 saturated carbocycles. The minimum atomic E-state index is -0.769. The molecule has 2 unspecified atom stereocenters. The standard InChI is InChI=1S/C40H32O10/c1-6-25-8-9-28-18-29(13-11-27(28)17-25)37(42)50-35-23(4)33(48-40(35)45)16-7-21(2)36(41)47-32-15-14-26-10-12-30(19-31(26)20-32)38(43)49-34-22(3)24(5)46-39(34)44/h6,8-15,17-20,24,33H,1-2,7,16H2,3-5H3. The molecule has 0 bridgehead atoms. The summed E-state index contributed by atoms with van der Waals surface area (Å²) in [5, 5.41) is 3.13. The molecule has 50 heavy (non-hydrogen) atoms. The first-order valence-corrected chi connectivity index (χ1v) is 15.8.